The van der Waals surface area contributed by atoms with E-state index in [1.54, 1.807) is 0 Å². The van der Waals surface area contributed by atoms with E-state index in [1.165, 1.54) is 0 Å². The van der Waals surface area contributed by atoms with Crippen LogP contribution in [0, 0.1) is 17.3 Å². The molecule has 78 valence electrons. The minimum Gasteiger partial charge on any atom is -0.316 e. The zero-order valence-corrected chi connectivity index (χ0v) is 9.15. The van der Waals surface area contributed by atoms with Gasteiger partial charge in [0.2, 0.25) is 0 Å². The molecule has 1 N–H and O–H groups in total. The molecular formula is C12H19NO. The van der Waals surface area contributed by atoms with E-state index < -0.39 is 0 Å². The van der Waals surface area contributed by atoms with Gasteiger partial charge in [-0.25, -0.2) is 0 Å². The summed E-state index contributed by atoms with van der Waals surface area (Å²) in [5.41, 5.74) is -0.131. The Morgan fingerprint density at radius 3 is 2.93 bits per heavy atom. The number of piperidine rings is 1. The number of rotatable bonds is 3. The van der Waals surface area contributed by atoms with Crippen molar-refractivity contribution in [3.8, 4) is 11.8 Å². The monoisotopic (exact) mass is 193 g/mol. The van der Waals surface area contributed by atoms with Gasteiger partial charge in [0.25, 0.3) is 0 Å². The van der Waals surface area contributed by atoms with Gasteiger partial charge in [-0.2, -0.15) is 0 Å². The van der Waals surface area contributed by atoms with Crippen molar-refractivity contribution >= 4 is 5.78 Å². The summed E-state index contributed by atoms with van der Waals surface area (Å²) in [6, 6.07) is 0. The molecule has 2 nitrogen and oxygen atoms in total. The predicted octanol–water partition coefficient (Wildman–Crippen LogP) is 1.75. The summed E-state index contributed by atoms with van der Waals surface area (Å²) in [5.74, 6) is 6.13. The SMILES string of the molecule is CC#CCCC(=O)C1(C)CCCNC1. The second-order valence-electron chi connectivity index (χ2n) is 4.19. The molecule has 0 amide bonds. The minimum absolute atomic E-state index is 0.131. The van der Waals surface area contributed by atoms with Crippen LogP contribution in [-0.4, -0.2) is 18.9 Å². The van der Waals surface area contributed by atoms with E-state index in [1.807, 2.05) is 6.92 Å². The number of Topliss-reactive ketones (excluding diaryl/α,β-unsaturated/α-hetero) is 1. The molecule has 1 unspecified atom stereocenters. The highest BCUT2D eigenvalue weighted by molar-refractivity contribution is 5.85. The Morgan fingerprint density at radius 2 is 2.36 bits per heavy atom. The Hall–Kier alpha value is -0.810. The molecule has 1 atom stereocenters. The van der Waals surface area contributed by atoms with Crippen LogP contribution in [0.4, 0.5) is 0 Å². The van der Waals surface area contributed by atoms with Crippen molar-refractivity contribution in [1.82, 2.24) is 5.32 Å². The van der Waals surface area contributed by atoms with Crippen molar-refractivity contribution in [3.05, 3.63) is 0 Å². The van der Waals surface area contributed by atoms with Gasteiger partial charge in [0.05, 0.1) is 0 Å². The number of carbonyl (C=O) groups is 1. The van der Waals surface area contributed by atoms with Gasteiger partial charge in [-0.1, -0.05) is 6.92 Å². The Kier molecular flexibility index (Phi) is 4.16. The van der Waals surface area contributed by atoms with Crippen molar-refractivity contribution in [2.45, 2.75) is 39.5 Å². The topological polar surface area (TPSA) is 29.1 Å². The van der Waals surface area contributed by atoms with Crippen LogP contribution in [0.1, 0.15) is 39.5 Å². The first-order chi connectivity index (χ1) is 6.69. The van der Waals surface area contributed by atoms with E-state index in [2.05, 4.69) is 24.1 Å². The fraction of sp³-hybridized carbons (Fsp3) is 0.750. The number of nitrogens with one attached hydrogen (secondary N) is 1. The highest BCUT2D eigenvalue weighted by Crippen LogP contribution is 2.28. The lowest BCUT2D eigenvalue weighted by Crippen LogP contribution is -2.43. The lowest BCUT2D eigenvalue weighted by atomic mass is 9.77. The van der Waals surface area contributed by atoms with Crippen LogP contribution >= 0.6 is 0 Å². The molecule has 0 aliphatic carbocycles. The molecule has 1 heterocycles. The lowest BCUT2D eigenvalue weighted by Gasteiger charge is -2.32. The predicted molar refractivity (Wildman–Crippen MR) is 57.9 cm³/mol. The molecule has 1 saturated heterocycles. The van der Waals surface area contributed by atoms with Gasteiger partial charge in [-0.05, 0) is 26.3 Å². The third-order valence-corrected chi connectivity index (χ3v) is 2.92. The van der Waals surface area contributed by atoms with Gasteiger partial charge >= 0.3 is 0 Å². The van der Waals surface area contributed by atoms with Crippen LogP contribution in [0.25, 0.3) is 0 Å². The summed E-state index contributed by atoms with van der Waals surface area (Å²) in [7, 11) is 0. The molecular weight excluding hydrogens is 174 g/mol. The van der Waals surface area contributed by atoms with Crippen LogP contribution in [0.5, 0.6) is 0 Å². The molecule has 2 heteroatoms. The third-order valence-electron chi connectivity index (χ3n) is 2.92. The van der Waals surface area contributed by atoms with Crippen molar-refractivity contribution in [2.24, 2.45) is 5.41 Å². The highest BCUT2D eigenvalue weighted by Gasteiger charge is 2.33. The summed E-state index contributed by atoms with van der Waals surface area (Å²) in [5, 5.41) is 3.29. The molecule has 1 aliphatic rings. The first kappa shape index (κ1) is 11.3. The standard InChI is InChI=1S/C12H19NO/c1-3-4-5-7-11(14)12(2)8-6-9-13-10-12/h13H,5-10H2,1-2H3. The zero-order chi connectivity index (χ0) is 10.4. The molecule has 1 aliphatic heterocycles. The van der Waals surface area contributed by atoms with E-state index in [0.717, 1.165) is 25.9 Å². The number of ketones is 1. The number of hydrogen-bond donors (Lipinski definition) is 1. The molecule has 0 radical (unpaired) electrons. The molecule has 0 aromatic heterocycles. The minimum atomic E-state index is -0.131. The van der Waals surface area contributed by atoms with Crippen LogP contribution in [0.2, 0.25) is 0 Å². The molecule has 0 bridgehead atoms. The van der Waals surface area contributed by atoms with Crippen molar-refractivity contribution < 1.29 is 4.79 Å². The molecule has 0 aromatic rings. The van der Waals surface area contributed by atoms with Crippen LogP contribution in [0.3, 0.4) is 0 Å². The second kappa shape index (κ2) is 5.17. The molecule has 14 heavy (non-hydrogen) atoms. The first-order valence-corrected chi connectivity index (χ1v) is 5.33. The maximum Gasteiger partial charge on any atom is 0.140 e. The number of hydrogen-bond acceptors (Lipinski definition) is 2. The fourth-order valence-electron chi connectivity index (χ4n) is 1.90. The Labute approximate surface area is 86.5 Å². The summed E-state index contributed by atoms with van der Waals surface area (Å²) < 4.78 is 0. The van der Waals surface area contributed by atoms with E-state index in [0.29, 0.717) is 18.6 Å². The molecule has 1 rings (SSSR count). The normalized spacial score (nSPS) is 26.4. The summed E-state index contributed by atoms with van der Waals surface area (Å²) in [4.78, 5) is 11.9. The van der Waals surface area contributed by atoms with Crippen molar-refractivity contribution in [3.63, 3.8) is 0 Å². The third kappa shape index (κ3) is 2.85. The highest BCUT2D eigenvalue weighted by atomic mass is 16.1. The first-order valence-electron chi connectivity index (χ1n) is 5.33. The van der Waals surface area contributed by atoms with E-state index in [9.17, 15) is 4.79 Å². The van der Waals surface area contributed by atoms with Gasteiger partial charge in [-0.3, -0.25) is 4.79 Å². The van der Waals surface area contributed by atoms with Crippen molar-refractivity contribution in [1.29, 1.82) is 0 Å². The summed E-state index contributed by atoms with van der Waals surface area (Å²) in [6.07, 6.45) is 3.46. The molecule has 0 aromatic carbocycles. The smallest absolute Gasteiger partial charge is 0.140 e. The number of carbonyl (C=O) groups excluding carboxylic acids is 1. The van der Waals surface area contributed by atoms with Gasteiger partial charge in [0, 0.05) is 24.8 Å². The maximum atomic E-state index is 11.9. The summed E-state index contributed by atoms with van der Waals surface area (Å²) in [6.45, 7) is 5.78. The maximum absolute atomic E-state index is 11.9. The quantitative estimate of drug-likeness (QED) is 0.692. The molecule has 0 saturated carbocycles. The van der Waals surface area contributed by atoms with E-state index in [4.69, 9.17) is 0 Å². The summed E-state index contributed by atoms with van der Waals surface area (Å²) >= 11 is 0. The Morgan fingerprint density at radius 1 is 1.57 bits per heavy atom. The largest absolute Gasteiger partial charge is 0.316 e. The van der Waals surface area contributed by atoms with Crippen molar-refractivity contribution in [2.75, 3.05) is 13.1 Å². The van der Waals surface area contributed by atoms with E-state index >= 15 is 0 Å². The Bertz CT molecular complexity index is 253. The van der Waals surface area contributed by atoms with Gasteiger partial charge in [0.1, 0.15) is 5.78 Å². The van der Waals surface area contributed by atoms with Gasteiger partial charge < -0.3 is 5.32 Å². The van der Waals surface area contributed by atoms with Crippen LogP contribution < -0.4 is 5.32 Å². The molecule has 0 spiro atoms. The van der Waals surface area contributed by atoms with Gasteiger partial charge in [-0.15, -0.1) is 11.8 Å². The van der Waals surface area contributed by atoms with E-state index in [-0.39, 0.29) is 5.41 Å². The average Bonchev–Trinajstić information content (AvgIpc) is 2.19. The van der Waals surface area contributed by atoms with Crippen LogP contribution in [-0.2, 0) is 4.79 Å². The molecule has 1 fully saturated rings. The fourth-order valence-corrected chi connectivity index (χ4v) is 1.90. The second-order valence-corrected chi connectivity index (χ2v) is 4.19. The lowest BCUT2D eigenvalue weighted by molar-refractivity contribution is -0.128. The average molecular weight is 193 g/mol. The Balaban J connectivity index is 2.43. The van der Waals surface area contributed by atoms with Crippen LogP contribution in [0.15, 0.2) is 0 Å². The zero-order valence-electron chi connectivity index (χ0n) is 9.15. The van der Waals surface area contributed by atoms with Gasteiger partial charge in [0.15, 0.2) is 0 Å².